The van der Waals surface area contributed by atoms with E-state index in [0.717, 1.165) is 37.8 Å². The van der Waals surface area contributed by atoms with Crippen molar-refractivity contribution in [3.8, 4) is 0 Å². The molecular weight excluding hydrogens is 266 g/mol. The van der Waals surface area contributed by atoms with Crippen molar-refractivity contribution in [1.82, 2.24) is 15.2 Å². The molecule has 0 bridgehead atoms. The maximum atomic E-state index is 12.6. The van der Waals surface area contributed by atoms with E-state index in [4.69, 9.17) is 0 Å². The average molecular weight is 287 g/mol. The first-order valence-electron chi connectivity index (χ1n) is 7.66. The predicted molar refractivity (Wildman–Crippen MR) is 78.2 cm³/mol. The SMILES string of the molecule is CC1NC(=O)C2(CCCCC2)N(Cc2ccccn2)C1=O. The molecule has 1 saturated carbocycles. The van der Waals surface area contributed by atoms with Crippen LogP contribution in [0.2, 0.25) is 0 Å². The van der Waals surface area contributed by atoms with E-state index in [1.54, 1.807) is 18.0 Å². The lowest BCUT2D eigenvalue weighted by atomic mass is 9.77. The lowest BCUT2D eigenvalue weighted by Crippen LogP contribution is -2.70. The molecule has 2 amide bonds. The van der Waals surface area contributed by atoms with Gasteiger partial charge in [0.1, 0.15) is 11.6 Å². The van der Waals surface area contributed by atoms with Crippen molar-refractivity contribution >= 4 is 11.8 Å². The van der Waals surface area contributed by atoms with E-state index < -0.39 is 11.6 Å². The number of piperazine rings is 1. The number of amides is 2. The third kappa shape index (κ3) is 2.41. The van der Waals surface area contributed by atoms with E-state index in [9.17, 15) is 9.59 Å². The standard InChI is InChI=1S/C16H21N3O2/c1-12-14(20)19(11-13-7-3-6-10-17-13)16(15(21)18-12)8-4-2-5-9-16/h3,6-7,10,12H,2,4-5,8-9,11H2,1H3,(H,18,21). The molecule has 1 aliphatic heterocycles. The minimum atomic E-state index is -0.667. The Morgan fingerprint density at radius 1 is 1.29 bits per heavy atom. The Morgan fingerprint density at radius 2 is 2.05 bits per heavy atom. The highest BCUT2D eigenvalue weighted by atomic mass is 16.2. The van der Waals surface area contributed by atoms with E-state index in [1.165, 1.54) is 0 Å². The number of nitrogens with one attached hydrogen (secondary N) is 1. The van der Waals surface area contributed by atoms with Gasteiger partial charge in [-0.05, 0) is 31.9 Å². The summed E-state index contributed by atoms with van der Waals surface area (Å²) in [6, 6.07) is 5.22. The maximum Gasteiger partial charge on any atom is 0.246 e. The topological polar surface area (TPSA) is 62.3 Å². The van der Waals surface area contributed by atoms with Crippen LogP contribution in [-0.2, 0) is 16.1 Å². The van der Waals surface area contributed by atoms with Gasteiger partial charge in [0.05, 0.1) is 12.2 Å². The molecule has 0 radical (unpaired) electrons. The van der Waals surface area contributed by atoms with Gasteiger partial charge in [-0.15, -0.1) is 0 Å². The van der Waals surface area contributed by atoms with Crippen LogP contribution in [0.4, 0.5) is 0 Å². The summed E-state index contributed by atoms with van der Waals surface area (Å²) < 4.78 is 0. The Labute approximate surface area is 124 Å². The zero-order chi connectivity index (χ0) is 14.9. The summed E-state index contributed by atoms with van der Waals surface area (Å²) in [6.07, 6.45) is 6.35. The highest BCUT2D eigenvalue weighted by Crippen LogP contribution is 2.37. The number of rotatable bonds is 2. The Balaban J connectivity index is 1.94. The van der Waals surface area contributed by atoms with Gasteiger partial charge in [-0.25, -0.2) is 0 Å². The van der Waals surface area contributed by atoms with Crippen molar-refractivity contribution in [3.63, 3.8) is 0 Å². The first-order valence-corrected chi connectivity index (χ1v) is 7.66. The highest BCUT2D eigenvalue weighted by molar-refractivity contribution is 5.99. The third-order valence-corrected chi connectivity index (χ3v) is 4.65. The molecule has 112 valence electrons. The molecular formula is C16H21N3O2. The minimum Gasteiger partial charge on any atom is -0.343 e. The molecule has 5 heteroatoms. The molecule has 1 aliphatic carbocycles. The normalized spacial score (nSPS) is 25.0. The summed E-state index contributed by atoms with van der Waals surface area (Å²) >= 11 is 0. The van der Waals surface area contributed by atoms with Gasteiger partial charge in [0.15, 0.2) is 0 Å². The molecule has 5 nitrogen and oxygen atoms in total. The molecule has 1 atom stereocenters. The van der Waals surface area contributed by atoms with Crippen molar-refractivity contribution in [1.29, 1.82) is 0 Å². The number of hydrogen-bond acceptors (Lipinski definition) is 3. The lowest BCUT2D eigenvalue weighted by Gasteiger charge is -2.49. The number of carbonyl (C=O) groups is 2. The zero-order valence-corrected chi connectivity index (χ0v) is 12.3. The van der Waals surface area contributed by atoms with E-state index in [1.807, 2.05) is 18.2 Å². The van der Waals surface area contributed by atoms with Crippen LogP contribution in [0, 0.1) is 0 Å². The van der Waals surface area contributed by atoms with Crippen molar-refractivity contribution in [3.05, 3.63) is 30.1 Å². The molecule has 1 unspecified atom stereocenters. The molecule has 1 aromatic rings. The molecule has 2 aliphatic rings. The third-order valence-electron chi connectivity index (χ3n) is 4.65. The Morgan fingerprint density at radius 3 is 2.71 bits per heavy atom. The summed E-state index contributed by atoms with van der Waals surface area (Å²) in [5.74, 6) is 0.00684. The molecule has 21 heavy (non-hydrogen) atoms. The van der Waals surface area contributed by atoms with Gasteiger partial charge in [-0.3, -0.25) is 14.6 Å². The maximum absolute atomic E-state index is 12.6. The fourth-order valence-corrected chi connectivity index (χ4v) is 3.48. The van der Waals surface area contributed by atoms with Crippen LogP contribution in [0.1, 0.15) is 44.7 Å². The van der Waals surface area contributed by atoms with Crippen LogP contribution in [0.15, 0.2) is 24.4 Å². The van der Waals surface area contributed by atoms with Gasteiger partial charge >= 0.3 is 0 Å². The fourth-order valence-electron chi connectivity index (χ4n) is 3.48. The summed E-state index contributed by atoms with van der Waals surface area (Å²) in [4.78, 5) is 31.3. The molecule has 1 saturated heterocycles. The Bertz CT molecular complexity index is 538. The number of carbonyl (C=O) groups excluding carboxylic acids is 2. The van der Waals surface area contributed by atoms with E-state index >= 15 is 0 Å². The first kappa shape index (κ1) is 14.0. The van der Waals surface area contributed by atoms with Gasteiger partial charge in [0, 0.05) is 6.20 Å². The van der Waals surface area contributed by atoms with Gasteiger partial charge in [0.25, 0.3) is 0 Å². The van der Waals surface area contributed by atoms with Crippen LogP contribution in [0.5, 0.6) is 0 Å². The second-order valence-electron chi connectivity index (χ2n) is 6.03. The Hall–Kier alpha value is -1.91. The van der Waals surface area contributed by atoms with E-state index in [2.05, 4.69) is 10.3 Å². The first-order chi connectivity index (χ1) is 10.1. The van der Waals surface area contributed by atoms with Crippen molar-refractivity contribution in [2.45, 2.75) is 57.2 Å². The van der Waals surface area contributed by atoms with Gasteiger partial charge in [-0.2, -0.15) is 0 Å². The minimum absolute atomic E-state index is 0.00199. The summed E-state index contributed by atoms with van der Waals surface area (Å²) in [6.45, 7) is 2.17. The molecule has 3 rings (SSSR count). The predicted octanol–water partition coefficient (Wildman–Crippen LogP) is 1.63. The second-order valence-corrected chi connectivity index (χ2v) is 6.03. The molecule has 1 aromatic heterocycles. The largest absolute Gasteiger partial charge is 0.343 e. The average Bonchev–Trinajstić information content (AvgIpc) is 2.52. The molecule has 1 spiro atoms. The van der Waals surface area contributed by atoms with Crippen molar-refractivity contribution in [2.75, 3.05) is 0 Å². The summed E-state index contributed by atoms with van der Waals surface area (Å²) in [5, 5.41) is 2.85. The monoisotopic (exact) mass is 287 g/mol. The van der Waals surface area contributed by atoms with E-state index in [0.29, 0.717) is 6.54 Å². The fraction of sp³-hybridized carbons (Fsp3) is 0.562. The number of hydrogen-bond donors (Lipinski definition) is 1. The van der Waals surface area contributed by atoms with Gasteiger partial charge in [-0.1, -0.05) is 25.3 Å². The van der Waals surface area contributed by atoms with Crippen molar-refractivity contribution in [2.24, 2.45) is 0 Å². The van der Waals surface area contributed by atoms with Gasteiger partial charge < -0.3 is 10.2 Å². The van der Waals surface area contributed by atoms with Crippen molar-refractivity contribution < 1.29 is 9.59 Å². The second kappa shape index (κ2) is 5.47. The molecule has 1 N–H and O–H groups in total. The smallest absolute Gasteiger partial charge is 0.246 e. The van der Waals surface area contributed by atoms with Crippen LogP contribution in [0.3, 0.4) is 0 Å². The van der Waals surface area contributed by atoms with Crippen LogP contribution in [0.25, 0.3) is 0 Å². The molecule has 0 aromatic carbocycles. The Kier molecular flexibility index (Phi) is 3.66. The molecule has 2 heterocycles. The quantitative estimate of drug-likeness (QED) is 0.899. The lowest BCUT2D eigenvalue weighted by molar-refractivity contribution is -0.160. The van der Waals surface area contributed by atoms with Gasteiger partial charge in [0.2, 0.25) is 11.8 Å². The molecule has 2 fully saturated rings. The number of aromatic nitrogens is 1. The van der Waals surface area contributed by atoms with Crippen LogP contribution < -0.4 is 5.32 Å². The highest BCUT2D eigenvalue weighted by Gasteiger charge is 2.51. The zero-order valence-electron chi connectivity index (χ0n) is 12.3. The number of pyridine rings is 1. The van der Waals surface area contributed by atoms with Crippen LogP contribution in [-0.4, -0.2) is 33.3 Å². The summed E-state index contributed by atoms with van der Waals surface area (Å²) in [5.41, 5.74) is 0.164. The summed E-state index contributed by atoms with van der Waals surface area (Å²) in [7, 11) is 0. The number of nitrogens with zero attached hydrogens (tertiary/aromatic N) is 2. The van der Waals surface area contributed by atoms with E-state index in [-0.39, 0.29) is 11.8 Å². The van der Waals surface area contributed by atoms with Crippen LogP contribution >= 0.6 is 0 Å².